The van der Waals surface area contributed by atoms with Crippen molar-refractivity contribution in [3.63, 3.8) is 0 Å². The average molecular weight is 482 g/mol. The number of aliphatic imine (C=N–C) groups is 1. The molecule has 0 amide bonds. The van der Waals surface area contributed by atoms with E-state index in [0.717, 1.165) is 41.0 Å². The summed E-state index contributed by atoms with van der Waals surface area (Å²) in [5, 5.41) is 2.61. The second-order valence-corrected chi connectivity index (χ2v) is 10.4. The topological polar surface area (TPSA) is 12.4 Å². The lowest BCUT2D eigenvalue weighted by Crippen LogP contribution is -1.95. The highest BCUT2D eigenvalue weighted by Gasteiger charge is 2.18. The molecule has 0 spiro atoms. The fourth-order valence-corrected chi connectivity index (χ4v) is 6.37. The molecule has 2 heteroatoms. The van der Waals surface area contributed by atoms with Gasteiger partial charge < -0.3 is 0 Å². The molecule has 0 bridgehead atoms. The summed E-state index contributed by atoms with van der Waals surface area (Å²) in [7, 11) is 0. The Morgan fingerprint density at radius 1 is 0.833 bits per heavy atom. The summed E-state index contributed by atoms with van der Waals surface area (Å²) < 4.78 is 2.57. The first-order valence-electron chi connectivity index (χ1n) is 12.3. The Labute approximate surface area is 216 Å². The fraction of sp³-hybridized carbons (Fsp3) is 0.0882. The van der Waals surface area contributed by atoms with E-state index in [2.05, 4.69) is 86.8 Å². The van der Waals surface area contributed by atoms with E-state index in [0.29, 0.717) is 0 Å². The maximum Gasteiger partial charge on any atom is 0.0633 e. The summed E-state index contributed by atoms with van der Waals surface area (Å²) in [5.74, 6) is 0. The van der Waals surface area contributed by atoms with Gasteiger partial charge in [0.1, 0.15) is 0 Å². The quantitative estimate of drug-likeness (QED) is 0.227. The smallest absolute Gasteiger partial charge is 0.0633 e. The molecule has 0 atom stereocenters. The second kappa shape index (κ2) is 9.22. The molecule has 1 aromatic heterocycles. The number of benzene rings is 4. The number of hydrogen-bond acceptors (Lipinski definition) is 2. The van der Waals surface area contributed by atoms with Gasteiger partial charge in [0, 0.05) is 25.9 Å². The molecule has 0 radical (unpaired) electrons. The molecule has 36 heavy (non-hydrogen) atoms. The lowest BCUT2D eigenvalue weighted by Gasteiger charge is -2.15. The Bertz CT molecular complexity index is 1710. The summed E-state index contributed by atoms with van der Waals surface area (Å²) >= 11 is 1.85. The van der Waals surface area contributed by atoms with Gasteiger partial charge in [-0.3, -0.25) is 4.99 Å². The van der Waals surface area contributed by atoms with Crippen molar-refractivity contribution >= 4 is 48.5 Å². The Balaban J connectivity index is 1.48. The van der Waals surface area contributed by atoms with Crippen molar-refractivity contribution in [2.75, 3.05) is 0 Å². The largest absolute Gasteiger partial charge is 0.253 e. The summed E-state index contributed by atoms with van der Waals surface area (Å²) in [6, 6.07) is 30.2. The van der Waals surface area contributed by atoms with Crippen LogP contribution in [-0.2, 0) is 6.42 Å². The summed E-state index contributed by atoms with van der Waals surface area (Å²) in [6.45, 7) is 10.6. The molecule has 174 valence electrons. The number of thiophene rings is 1. The Morgan fingerprint density at radius 3 is 2.50 bits per heavy atom. The summed E-state index contributed by atoms with van der Waals surface area (Å²) in [6.07, 6.45) is 6.53. The molecule has 0 fully saturated rings. The lowest BCUT2D eigenvalue weighted by atomic mass is 9.88. The van der Waals surface area contributed by atoms with Gasteiger partial charge in [-0.15, -0.1) is 11.3 Å². The van der Waals surface area contributed by atoms with Crippen molar-refractivity contribution in [2.24, 2.45) is 4.99 Å². The van der Waals surface area contributed by atoms with E-state index < -0.39 is 0 Å². The van der Waals surface area contributed by atoms with Crippen LogP contribution in [0.5, 0.6) is 0 Å². The molecule has 5 aromatic rings. The SMILES string of the molecule is C=C(N=C(C)c1ccc2c(c1)sc1cccc(-c3cccc4c3C(=C)C=CCC4)c12)c1ccccc1. The number of allylic oxidation sites excluding steroid dienone is 3. The number of rotatable bonds is 4. The molecule has 1 nitrogen and oxygen atoms in total. The number of fused-ring (bicyclic) bond motifs is 4. The highest BCUT2D eigenvalue weighted by atomic mass is 32.1. The molecule has 4 aromatic carbocycles. The van der Waals surface area contributed by atoms with Gasteiger partial charge in [-0.1, -0.05) is 98.1 Å². The van der Waals surface area contributed by atoms with Crippen LogP contribution in [-0.4, -0.2) is 5.71 Å². The van der Waals surface area contributed by atoms with Gasteiger partial charge in [0.2, 0.25) is 0 Å². The van der Waals surface area contributed by atoms with E-state index in [9.17, 15) is 0 Å². The first-order chi connectivity index (χ1) is 17.6. The van der Waals surface area contributed by atoms with Gasteiger partial charge in [-0.05, 0) is 70.9 Å². The van der Waals surface area contributed by atoms with Crippen LogP contribution in [0.25, 0.3) is 42.6 Å². The fourth-order valence-electron chi connectivity index (χ4n) is 5.20. The van der Waals surface area contributed by atoms with Gasteiger partial charge in [-0.2, -0.15) is 0 Å². The van der Waals surface area contributed by atoms with E-state index in [4.69, 9.17) is 4.99 Å². The molecule has 0 N–H and O–H groups in total. The maximum atomic E-state index is 4.82. The Kier molecular flexibility index (Phi) is 5.75. The molecular weight excluding hydrogens is 454 g/mol. The third kappa shape index (κ3) is 3.94. The monoisotopic (exact) mass is 481 g/mol. The molecule has 0 unspecified atom stereocenters. The van der Waals surface area contributed by atoms with Crippen LogP contribution in [0.3, 0.4) is 0 Å². The highest BCUT2D eigenvalue weighted by Crippen LogP contribution is 2.43. The van der Waals surface area contributed by atoms with Crippen LogP contribution in [0.4, 0.5) is 0 Å². The van der Waals surface area contributed by atoms with E-state index >= 15 is 0 Å². The van der Waals surface area contributed by atoms with E-state index in [-0.39, 0.29) is 0 Å². The second-order valence-electron chi connectivity index (χ2n) is 9.31. The van der Waals surface area contributed by atoms with Crippen LogP contribution < -0.4 is 0 Å². The van der Waals surface area contributed by atoms with Crippen molar-refractivity contribution in [1.29, 1.82) is 0 Å². The third-order valence-electron chi connectivity index (χ3n) is 6.99. The van der Waals surface area contributed by atoms with Crippen LogP contribution in [0.15, 0.2) is 115 Å². The van der Waals surface area contributed by atoms with E-state index in [1.165, 1.54) is 42.4 Å². The molecule has 1 heterocycles. The van der Waals surface area contributed by atoms with Crippen LogP contribution in [0.2, 0.25) is 0 Å². The molecule has 0 aliphatic heterocycles. The van der Waals surface area contributed by atoms with Gasteiger partial charge in [0.05, 0.1) is 5.70 Å². The van der Waals surface area contributed by atoms with Crippen molar-refractivity contribution in [1.82, 2.24) is 0 Å². The standard InChI is InChI=1S/C34H27NS/c1-22-11-7-8-14-26-15-9-16-28(33(22)26)29-17-10-18-31-34(29)30-20-19-27(21-32(30)36-31)24(3)35-23(2)25-12-5-4-6-13-25/h4-7,9-13,15-21H,1-2,8,14H2,3H3. The van der Waals surface area contributed by atoms with Gasteiger partial charge in [-0.25, -0.2) is 0 Å². The van der Waals surface area contributed by atoms with Crippen molar-refractivity contribution in [3.05, 3.63) is 132 Å². The minimum absolute atomic E-state index is 0.783. The first-order valence-corrected chi connectivity index (χ1v) is 13.1. The summed E-state index contributed by atoms with van der Waals surface area (Å²) in [5.41, 5.74) is 10.2. The zero-order valence-electron chi connectivity index (χ0n) is 20.4. The normalized spacial score (nSPS) is 13.7. The summed E-state index contributed by atoms with van der Waals surface area (Å²) in [4.78, 5) is 4.82. The average Bonchev–Trinajstić information content (AvgIpc) is 3.18. The zero-order valence-corrected chi connectivity index (χ0v) is 21.2. The molecule has 1 aliphatic rings. The van der Waals surface area contributed by atoms with Crippen molar-refractivity contribution < 1.29 is 0 Å². The zero-order chi connectivity index (χ0) is 24.6. The predicted molar refractivity (Wildman–Crippen MR) is 159 cm³/mol. The van der Waals surface area contributed by atoms with Crippen molar-refractivity contribution in [2.45, 2.75) is 19.8 Å². The number of aryl methyl sites for hydroxylation is 1. The van der Waals surface area contributed by atoms with Crippen LogP contribution in [0, 0.1) is 0 Å². The highest BCUT2D eigenvalue weighted by molar-refractivity contribution is 7.26. The Morgan fingerprint density at radius 2 is 1.64 bits per heavy atom. The number of nitrogens with zero attached hydrogens (tertiary/aromatic N) is 1. The molecule has 1 aliphatic carbocycles. The predicted octanol–water partition coefficient (Wildman–Crippen LogP) is 9.72. The molecule has 0 saturated heterocycles. The van der Waals surface area contributed by atoms with Crippen LogP contribution >= 0.6 is 11.3 Å². The third-order valence-corrected chi connectivity index (χ3v) is 8.10. The van der Waals surface area contributed by atoms with Gasteiger partial charge in [0.15, 0.2) is 0 Å². The minimum Gasteiger partial charge on any atom is -0.253 e. The Hall–Kier alpha value is -4.01. The maximum absolute atomic E-state index is 4.82. The first kappa shape index (κ1) is 22.5. The van der Waals surface area contributed by atoms with Gasteiger partial charge >= 0.3 is 0 Å². The van der Waals surface area contributed by atoms with E-state index in [1.807, 2.05) is 41.7 Å². The lowest BCUT2D eigenvalue weighted by molar-refractivity contribution is 1.01. The van der Waals surface area contributed by atoms with Crippen LogP contribution in [0.1, 0.15) is 35.6 Å². The molecular formula is C34H27NS. The number of hydrogen-bond donors (Lipinski definition) is 0. The molecule has 0 saturated carbocycles. The minimum atomic E-state index is 0.783. The van der Waals surface area contributed by atoms with Crippen molar-refractivity contribution in [3.8, 4) is 11.1 Å². The van der Waals surface area contributed by atoms with E-state index in [1.54, 1.807) is 0 Å². The van der Waals surface area contributed by atoms with Gasteiger partial charge in [0.25, 0.3) is 0 Å². The molecule has 6 rings (SSSR count).